The van der Waals surface area contributed by atoms with Crippen molar-refractivity contribution < 1.29 is 0 Å². The summed E-state index contributed by atoms with van der Waals surface area (Å²) in [4.78, 5) is 8.11. The molecule has 3 rings (SSSR count). The Morgan fingerprint density at radius 1 is 1.47 bits per heavy atom. The molecule has 3 heteroatoms. The monoisotopic (exact) mass is 218 g/mol. The third kappa shape index (κ3) is 1.65. The van der Waals surface area contributed by atoms with Gasteiger partial charge in [0, 0.05) is 0 Å². The van der Waals surface area contributed by atoms with Crippen LogP contribution in [0.4, 0.5) is 0 Å². The topological polar surface area (TPSA) is 28.7 Å². The first-order valence-electron chi connectivity index (χ1n) is 5.41. The normalized spacial score (nSPS) is 21.3. The van der Waals surface area contributed by atoms with Gasteiger partial charge in [-0.2, -0.15) is 11.8 Å². The molecule has 2 heterocycles. The van der Waals surface area contributed by atoms with Gasteiger partial charge in [0.25, 0.3) is 0 Å². The van der Waals surface area contributed by atoms with Crippen molar-refractivity contribution in [2.75, 3.05) is 5.75 Å². The van der Waals surface area contributed by atoms with Crippen molar-refractivity contribution >= 4 is 22.8 Å². The van der Waals surface area contributed by atoms with E-state index in [1.54, 1.807) is 0 Å². The van der Waals surface area contributed by atoms with Crippen LogP contribution < -0.4 is 0 Å². The number of fused-ring (bicyclic) bond motifs is 1. The molecule has 2 nitrogen and oxygen atoms in total. The Hall–Kier alpha value is -0.960. The third-order valence-electron chi connectivity index (χ3n) is 2.89. The summed E-state index contributed by atoms with van der Waals surface area (Å²) in [7, 11) is 0. The number of rotatable bonds is 1. The average Bonchev–Trinajstić information content (AvgIpc) is 2.84. The highest BCUT2D eigenvalue weighted by molar-refractivity contribution is 7.99. The maximum atomic E-state index is 4.66. The van der Waals surface area contributed by atoms with Gasteiger partial charge in [-0.25, -0.2) is 4.98 Å². The van der Waals surface area contributed by atoms with Crippen LogP contribution in [0.5, 0.6) is 0 Å². The maximum absolute atomic E-state index is 4.66. The van der Waals surface area contributed by atoms with Crippen LogP contribution in [-0.4, -0.2) is 15.7 Å². The molecule has 1 atom stereocenters. The number of benzene rings is 1. The zero-order valence-electron chi connectivity index (χ0n) is 8.79. The van der Waals surface area contributed by atoms with Gasteiger partial charge in [-0.1, -0.05) is 6.07 Å². The van der Waals surface area contributed by atoms with E-state index >= 15 is 0 Å². The second-order valence-corrected chi connectivity index (χ2v) is 5.45. The highest BCUT2D eigenvalue weighted by Crippen LogP contribution is 2.38. The lowest BCUT2D eigenvalue weighted by atomic mass is 10.2. The van der Waals surface area contributed by atoms with Crippen LogP contribution in [0.25, 0.3) is 11.0 Å². The number of imidazole rings is 1. The minimum absolute atomic E-state index is 0.595. The average molecular weight is 218 g/mol. The zero-order chi connectivity index (χ0) is 10.3. The summed E-state index contributed by atoms with van der Waals surface area (Å²) in [5.74, 6) is 2.44. The van der Waals surface area contributed by atoms with Crippen LogP contribution in [-0.2, 0) is 0 Å². The molecule has 1 aromatic carbocycles. The number of nitrogens with zero attached hydrogens (tertiary/aromatic N) is 1. The van der Waals surface area contributed by atoms with E-state index in [-0.39, 0.29) is 0 Å². The molecule has 0 spiro atoms. The number of H-pyrrole nitrogens is 1. The molecule has 2 aromatic rings. The Labute approximate surface area is 93.5 Å². The Kier molecular flexibility index (Phi) is 2.20. The molecule has 0 aliphatic carbocycles. The molecule has 78 valence electrons. The molecule has 1 unspecified atom stereocenters. The van der Waals surface area contributed by atoms with Crippen LogP contribution >= 0.6 is 11.8 Å². The first kappa shape index (κ1) is 9.28. The molecule has 1 N–H and O–H groups in total. The van der Waals surface area contributed by atoms with Crippen molar-refractivity contribution in [3.63, 3.8) is 0 Å². The first-order valence-corrected chi connectivity index (χ1v) is 6.46. The van der Waals surface area contributed by atoms with E-state index in [0.717, 1.165) is 11.3 Å². The summed E-state index contributed by atoms with van der Waals surface area (Å²) in [6, 6.07) is 6.39. The van der Waals surface area contributed by atoms with E-state index in [0.29, 0.717) is 5.25 Å². The zero-order valence-corrected chi connectivity index (χ0v) is 9.60. The fourth-order valence-corrected chi connectivity index (χ4v) is 3.31. The van der Waals surface area contributed by atoms with Gasteiger partial charge in [-0.3, -0.25) is 0 Å². The minimum atomic E-state index is 0.595. The molecular weight excluding hydrogens is 204 g/mol. The number of thioether (sulfide) groups is 1. The summed E-state index contributed by atoms with van der Waals surface area (Å²) in [5.41, 5.74) is 3.57. The van der Waals surface area contributed by atoms with Crippen molar-refractivity contribution in [2.24, 2.45) is 0 Å². The van der Waals surface area contributed by atoms with Gasteiger partial charge >= 0.3 is 0 Å². The van der Waals surface area contributed by atoms with Gasteiger partial charge in [-0.15, -0.1) is 0 Å². The van der Waals surface area contributed by atoms with Gasteiger partial charge in [-0.05, 0) is 43.2 Å². The number of aromatic nitrogens is 2. The van der Waals surface area contributed by atoms with Crippen LogP contribution in [0, 0.1) is 6.92 Å². The summed E-state index contributed by atoms with van der Waals surface area (Å²) in [6.45, 7) is 2.12. The van der Waals surface area contributed by atoms with Gasteiger partial charge < -0.3 is 4.98 Å². The van der Waals surface area contributed by atoms with Crippen LogP contribution in [0.2, 0.25) is 0 Å². The highest BCUT2D eigenvalue weighted by atomic mass is 32.2. The van der Waals surface area contributed by atoms with E-state index in [1.165, 1.54) is 29.7 Å². The molecule has 15 heavy (non-hydrogen) atoms. The number of hydrogen-bond acceptors (Lipinski definition) is 2. The van der Waals surface area contributed by atoms with Gasteiger partial charge in [0.05, 0.1) is 16.3 Å². The first-order chi connectivity index (χ1) is 7.33. The van der Waals surface area contributed by atoms with Crippen LogP contribution in [0.15, 0.2) is 18.2 Å². The summed E-state index contributed by atoms with van der Waals surface area (Å²) in [6.07, 6.45) is 2.59. The SMILES string of the molecule is Cc1ccc2nc(C3CCCS3)[nH]c2c1. The van der Waals surface area contributed by atoms with E-state index in [4.69, 9.17) is 0 Å². The molecule has 1 saturated heterocycles. The fraction of sp³-hybridized carbons (Fsp3) is 0.417. The largest absolute Gasteiger partial charge is 0.341 e. The molecule has 1 aliphatic rings. The summed E-state index contributed by atoms with van der Waals surface area (Å²) < 4.78 is 0. The summed E-state index contributed by atoms with van der Waals surface area (Å²) >= 11 is 2.02. The van der Waals surface area contributed by atoms with E-state index < -0.39 is 0 Å². The highest BCUT2D eigenvalue weighted by Gasteiger charge is 2.20. The lowest BCUT2D eigenvalue weighted by Crippen LogP contribution is -1.90. The van der Waals surface area contributed by atoms with Gasteiger partial charge in [0.1, 0.15) is 5.82 Å². The minimum Gasteiger partial charge on any atom is -0.341 e. The van der Waals surface area contributed by atoms with E-state index in [1.807, 2.05) is 11.8 Å². The predicted molar refractivity (Wildman–Crippen MR) is 65.3 cm³/mol. The molecule has 0 radical (unpaired) electrons. The number of aryl methyl sites for hydroxylation is 1. The van der Waals surface area contributed by atoms with Crippen molar-refractivity contribution in [1.29, 1.82) is 0 Å². The molecule has 1 fully saturated rings. The Morgan fingerprint density at radius 2 is 2.40 bits per heavy atom. The van der Waals surface area contributed by atoms with Crippen molar-refractivity contribution in [3.8, 4) is 0 Å². The molecule has 0 bridgehead atoms. The lowest BCUT2D eigenvalue weighted by molar-refractivity contribution is 0.793. The van der Waals surface area contributed by atoms with E-state index in [9.17, 15) is 0 Å². The molecule has 1 aliphatic heterocycles. The van der Waals surface area contributed by atoms with Crippen molar-refractivity contribution in [3.05, 3.63) is 29.6 Å². The smallest absolute Gasteiger partial charge is 0.120 e. The Morgan fingerprint density at radius 3 is 3.20 bits per heavy atom. The maximum Gasteiger partial charge on any atom is 0.120 e. The quantitative estimate of drug-likeness (QED) is 0.794. The van der Waals surface area contributed by atoms with E-state index in [2.05, 4.69) is 35.1 Å². The fourth-order valence-electron chi connectivity index (χ4n) is 2.09. The number of hydrogen-bond donors (Lipinski definition) is 1. The van der Waals surface area contributed by atoms with Gasteiger partial charge in [0.15, 0.2) is 0 Å². The van der Waals surface area contributed by atoms with Crippen LogP contribution in [0.3, 0.4) is 0 Å². The van der Waals surface area contributed by atoms with Crippen LogP contribution in [0.1, 0.15) is 29.5 Å². The Bertz CT molecular complexity index is 483. The lowest BCUT2D eigenvalue weighted by Gasteiger charge is -2.01. The second-order valence-electron chi connectivity index (χ2n) is 4.14. The van der Waals surface area contributed by atoms with Gasteiger partial charge in [0.2, 0.25) is 0 Å². The number of nitrogens with one attached hydrogen (secondary N) is 1. The molecule has 1 aromatic heterocycles. The standard InChI is InChI=1S/C12H14N2S/c1-8-4-5-9-10(7-8)14-12(13-9)11-3-2-6-15-11/h4-5,7,11H,2-3,6H2,1H3,(H,13,14). The Balaban J connectivity index is 2.05. The molecule has 0 amide bonds. The molecule has 0 saturated carbocycles. The van der Waals surface area contributed by atoms with Crippen molar-refractivity contribution in [2.45, 2.75) is 25.0 Å². The second kappa shape index (κ2) is 3.56. The third-order valence-corrected chi connectivity index (χ3v) is 4.28. The van der Waals surface area contributed by atoms with Crippen molar-refractivity contribution in [1.82, 2.24) is 9.97 Å². The predicted octanol–water partition coefficient (Wildman–Crippen LogP) is 3.44. The molecular formula is C12H14N2S. The summed E-state index contributed by atoms with van der Waals surface area (Å²) in [5, 5.41) is 0.595. The number of aromatic amines is 1.